The van der Waals surface area contributed by atoms with Crippen LogP contribution in [0.5, 0.6) is 11.5 Å². The maximum absolute atomic E-state index is 5.47. The lowest BCUT2D eigenvalue weighted by atomic mass is 10.1. The number of aryl methyl sites for hydroxylation is 1. The van der Waals surface area contributed by atoms with E-state index in [2.05, 4.69) is 22.0 Å². The molecule has 0 bridgehead atoms. The molecule has 0 saturated heterocycles. The lowest BCUT2D eigenvalue weighted by Crippen LogP contribution is -1.99. The largest absolute Gasteiger partial charge is 0.454 e. The highest BCUT2D eigenvalue weighted by Gasteiger charge is 2.18. The second kappa shape index (κ2) is 4.86. The van der Waals surface area contributed by atoms with Crippen molar-refractivity contribution in [3.05, 3.63) is 22.2 Å². The fourth-order valence-electron chi connectivity index (χ4n) is 1.69. The molecule has 2 N–H and O–H groups in total. The first kappa shape index (κ1) is 10.8. The lowest BCUT2D eigenvalue weighted by molar-refractivity contribution is 0.173. The first-order valence-corrected chi connectivity index (χ1v) is 5.88. The van der Waals surface area contributed by atoms with Gasteiger partial charge in [0.25, 0.3) is 0 Å². The van der Waals surface area contributed by atoms with E-state index < -0.39 is 0 Å². The molecule has 0 amide bonds. The molecule has 15 heavy (non-hydrogen) atoms. The van der Waals surface area contributed by atoms with Gasteiger partial charge in [0.05, 0.1) is 0 Å². The second-order valence-electron chi connectivity index (χ2n) is 3.54. The first-order valence-electron chi connectivity index (χ1n) is 5.09. The van der Waals surface area contributed by atoms with Crippen LogP contribution in [0, 0.1) is 0 Å². The molecular weight excluding hydrogens is 258 g/mol. The zero-order valence-electron chi connectivity index (χ0n) is 8.46. The monoisotopic (exact) mass is 271 g/mol. The Balaban J connectivity index is 2.15. The highest BCUT2D eigenvalue weighted by molar-refractivity contribution is 9.10. The minimum absolute atomic E-state index is 0.329. The van der Waals surface area contributed by atoms with Gasteiger partial charge in [-0.2, -0.15) is 0 Å². The SMILES string of the molecule is NCCCCc1cc(Br)cc2c1OCO2. The average Bonchev–Trinajstić information content (AvgIpc) is 2.65. The molecule has 82 valence electrons. The molecule has 0 spiro atoms. The zero-order chi connectivity index (χ0) is 10.7. The lowest BCUT2D eigenvalue weighted by Gasteiger charge is -2.06. The molecule has 1 aromatic rings. The van der Waals surface area contributed by atoms with Crippen molar-refractivity contribution in [1.29, 1.82) is 0 Å². The van der Waals surface area contributed by atoms with Gasteiger partial charge in [0.15, 0.2) is 11.5 Å². The van der Waals surface area contributed by atoms with Gasteiger partial charge in [0.2, 0.25) is 6.79 Å². The summed E-state index contributed by atoms with van der Waals surface area (Å²) in [6.45, 7) is 1.07. The molecule has 1 heterocycles. The van der Waals surface area contributed by atoms with Crippen molar-refractivity contribution in [2.24, 2.45) is 5.73 Å². The van der Waals surface area contributed by atoms with Gasteiger partial charge in [-0.3, -0.25) is 0 Å². The smallest absolute Gasteiger partial charge is 0.231 e. The maximum Gasteiger partial charge on any atom is 0.231 e. The van der Waals surface area contributed by atoms with Crippen molar-refractivity contribution in [2.45, 2.75) is 19.3 Å². The number of ether oxygens (including phenoxy) is 2. The Morgan fingerprint density at radius 2 is 2.13 bits per heavy atom. The topological polar surface area (TPSA) is 44.5 Å². The number of rotatable bonds is 4. The third-order valence-electron chi connectivity index (χ3n) is 2.41. The zero-order valence-corrected chi connectivity index (χ0v) is 10.0. The summed E-state index contributed by atoms with van der Waals surface area (Å²) in [5.74, 6) is 1.74. The van der Waals surface area contributed by atoms with Gasteiger partial charge in [-0.05, 0) is 43.5 Å². The predicted octanol–water partition coefficient (Wildman–Crippen LogP) is 2.46. The van der Waals surface area contributed by atoms with E-state index in [1.54, 1.807) is 0 Å². The van der Waals surface area contributed by atoms with Crippen molar-refractivity contribution in [2.75, 3.05) is 13.3 Å². The second-order valence-corrected chi connectivity index (χ2v) is 4.46. The predicted molar refractivity (Wildman–Crippen MR) is 62.3 cm³/mol. The fraction of sp³-hybridized carbons (Fsp3) is 0.455. The number of halogens is 1. The fourth-order valence-corrected chi connectivity index (χ4v) is 2.18. The summed E-state index contributed by atoms with van der Waals surface area (Å²) in [6, 6.07) is 4.03. The molecule has 2 rings (SSSR count). The number of unbranched alkanes of at least 4 members (excludes halogenated alkanes) is 1. The van der Waals surface area contributed by atoms with E-state index in [1.165, 1.54) is 5.56 Å². The summed E-state index contributed by atoms with van der Waals surface area (Å²) < 4.78 is 11.8. The molecule has 0 saturated carbocycles. The van der Waals surface area contributed by atoms with E-state index in [1.807, 2.05) is 6.07 Å². The van der Waals surface area contributed by atoms with E-state index in [9.17, 15) is 0 Å². The Morgan fingerprint density at radius 3 is 2.93 bits per heavy atom. The minimum Gasteiger partial charge on any atom is -0.454 e. The van der Waals surface area contributed by atoms with Crippen LogP contribution in [0.3, 0.4) is 0 Å². The van der Waals surface area contributed by atoms with E-state index >= 15 is 0 Å². The summed E-state index contributed by atoms with van der Waals surface area (Å²) in [4.78, 5) is 0. The summed E-state index contributed by atoms with van der Waals surface area (Å²) in [6.07, 6.45) is 3.12. The van der Waals surface area contributed by atoms with Crippen LogP contribution in [0.15, 0.2) is 16.6 Å². The van der Waals surface area contributed by atoms with Crippen LogP contribution >= 0.6 is 15.9 Å². The number of hydrogen-bond acceptors (Lipinski definition) is 3. The van der Waals surface area contributed by atoms with Crippen LogP contribution < -0.4 is 15.2 Å². The Morgan fingerprint density at radius 1 is 1.27 bits per heavy atom. The normalized spacial score (nSPS) is 13.2. The molecule has 0 aromatic heterocycles. The minimum atomic E-state index is 0.329. The molecule has 0 unspecified atom stereocenters. The molecule has 0 radical (unpaired) electrons. The summed E-state index contributed by atoms with van der Waals surface area (Å²) in [7, 11) is 0. The number of hydrogen-bond donors (Lipinski definition) is 1. The van der Waals surface area contributed by atoms with Crippen molar-refractivity contribution in [3.8, 4) is 11.5 Å². The molecule has 1 aliphatic rings. The molecule has 1 aromatic carbocycles. The van der Waals surface area contributed by atoms with Gasteiger partial charge in [-0.1, -0.05) is 15.9 Å². The van der Waals surface area contributed by atoms with Crippen LogP contribution in [-0.2, 0) is 6.42 Å². The van der Waals surface area contributed by atoms with E-state index in [0.29, 0.717) is 6.79 Å². The number of nitrogens with two attached hydrogens (primary N) is 1. The van der Waals surface area contributed by atoms with Crippen LogP contribution in [0.1, 0.15) is 18.4 Å². The van der Waals surface area contributed by atoms with Crippen molar-refractivity contribution < 1.29 is 9.47 Å². The van der Waals surface area contributed by atoms with Crippen molar-refractivity contribution in [3.63, 3.8) is 0 Å². The summed E-state index contributed by atoms with van der Waals surface area (Å²) in [5.41, 5.74) is 6.67. The summed E-state index contributed by atoms with van der Waals surface area (Å²) >= 11 is 3.46. The molecule has 0 fully saturated rings. The van der Waals surface area contributed by atoms with Crippen LogP contribution in [-0.4, -0.2) is 13.3 Å². The molecule has 0 atom stereocenters. The van der Waals surface area contributed by atoms with Crippen LogP contribution in [0.25, 0.3) is 0 Å². The van der Waals surface area contributed by atoms with E-state index in [-0.39, 0.29) is 0 Å². The Bertz CT molecular complexity index is 355. The Kier molecular flexibility index (Phi) is 3.49. The summed E-state index contributed by atoms with van der Waals surface area (Å²) in [5, 5.41) is 0. The third-order valence-corrected chi connectivity index (χ3v) is 2.87. The molecule has 4 heteroatoms. The molecular formula is C11H14BrNO2. The van der Waals surface area contributed by atoms with Gasteiger partial charge in [-0.15, -0.1) is 0 Å². The van der Waals surface area contributed by atoms with E-state index in [4.69, 9.17) is 15.2 Å². The average molecular weight is 272 g/mol. The first-order chi connectivity index (χ1) is 7.31. The van der Waals surface area contributed by atoms with Gasteiger partial charge in [0.1, 0.15) is 0 Å². The van der Waals surface area contributed by atoms with Gasteiger partial charge in [0, 0.05) is 4.47 Å². The van der Waals surface area contributed by atoms with Crippen LogP contribution in [0.2, 0.25) is 0 Å². The van der Waals surface area contributed by atoms with Gasteiger partial charge < -0.3 is 15.2 Å². The molecule has 3 nitrogen and oxygen atoms in total. The Hall–Kier alpha value is -0.740. The van der Waals surface area contributed by atoms with Crippen LogP contribution in [0.4, 0.5) is 0 Å². The Labute approximate surface area is 97.7 Å². The molecule has 0 aliphatic carbocycles. The maximum atomic E-state index is 5.47. The third kappa shape index (κ3) is 2.44. The highest BCUT2D eigenvalue weighted by Crippen LogP contribution is 2.38. The van der Waals surface area contributed by atoms with Gasteiger partial charge >= 0.3 is 0 Å². The number of fused-ring (bicyclic) bond motifs is 1. The van der Waals surface area contributed by atoms with Crippen molar-refractivity contribution >= 4 is 15.9 Å². The van der Waals surface area contributed by atoms with Gasteiger partial charge in [-0.25, -0.2) is 0 Å². The quantitative estimate of drug-likeness (QED) is 0.856. The molecule has 1 aliphatic heterocycles. The van der Waals surface area contributed by atoms with Crippen molar-refractivity contribution in [1.82, 2.24) is 0 Å². The van der Waals surface area contributed by atoms with E-state index in [0.717, 1.165) is 41.8 Å². The standard InChI is InChI=1S/C11H14BrNO2/c12-9-5-8(3-1-2-4-13)11-10(6-9)14-7-15-11/h5-6H,1-4,7,13H2. The number of benzene rings is 1. The highest BCUT2D eigenvalue weighted by atomic mass is 79.9.